The molecule has 0 spiro atoms. The molecule has 0 fully saturated rings. The van der Waals surface area contributed by atoms with Crippen molar-refractivity contribution in [3.05, 3.63) is 59.9 Å². The lowest BCUT2D eigenvalue weighted by molar-refractivity contribution is -0.113. The van der Waals surface area contributed by atoms with Crippen molar-refractivity contribution in [1.29, 1.82) is 0 Å². The van der Waals surface area contributed by atoms with E-state index in [4.69, 9.17) is 8.83 Å². The molecule has 134 valence electrons. The van der Waals surface area contributed by atoms with Crippen molar-refractivity contribution in [1.82, 2.24) is 15.5 Å². The molecule has 0 bridgehead atoms. The molecule has 0 aliphatic carbocycles. The highest BCUT2D eigenvalue weighted by Gasteiger charge is 2.12. The standard InChI is InChI=1S/C17H16N4O4S/c1-11-4-6-12(7-5-11)19-14(22)10-26-17-21-20-15(25-17)9-18-16(23)13-3-2-8-24-13/h2-8H,9-10H2,1H3,(H,18,23)(H,19,22). The van der Waals surface area contributed by atoms with Gasteiger partial charge in [0.25, 0.3) is 11.1 Å². The molecule has 0 unspecified atom stereocenters. The summed E-state index contributed by atoms with van der Waals surface area (Å²) in [5.41, 5.74) is 1.85. The van der Waals surface area contributed by atoms with Gasteiger partial charge < -0.3 is 19.5 Å². The van der Waals surface area contributed by atoms with Crippen molar-refractivity contribution in [2.24, 2.45) is 0 Å². The Balaban J connectivity index is 1.43. The molecule has 0 saturated carbocycles. The number of rotatable bonds is 7. The van der Waals surface area contributed by atoms with E-state index in [1.54, 1.807) is 12.1 Å². The summed E-state index contributed by atoms with van der Waals surface area (Å²) < 4.78 is 10.4. The number of hydrogen-bond donors (Lipinski definition) is 2. The van der Waals surface area contributed by atoms with Crippen LogP contribution >= 0.6 is 11.8 Å². The van der Waals surface area contributed by atoms with Crippen LogP contribution in [0.15, 0.2) is 56.7 Å². The Morgan fingerprint density at radius 2 is 1.96 bits per heavy atom. The van der Waals surface area contributed by atoms with Gasteiger partial charge >= 0.3 is 0 Å². The normalized spacial score (nSPS) is 10.5. The molecule has 0 aliphatic heterocycles. The van der Waals surface area contributed by atoms with Gasteiger partial charge in [-0.25, -0.2) is 0 Å². The van der Waals surface area contributed by atoms with Crippen molar-refractivity contribution >= 4 is 29.3 Å². The fraction of sp³-hybridized carbons (Fsp3) is 0.176. The average Bonchev–Trinajstić information content (AvgIpc) is 3.32. The summed E-state index contributed by atoms with van der Waals surface area (Å²) in [7, 11) is 0. The average molecular weight is 372 g/mol. The third kappa shape index (κ3) is 4.96. The molecule has 9 heteroatoms. The van der Waals surface area contributed by atoms with E-state index in [0.717, 1.165) is 23.0 Å². The fourth-order valence-corrected chi connectivity index (χ4v) is 2.56. The number of aryl methyl sites for hydroxylation is 1. The molecular weight excluding hydrogens is 356 g/mol. The molecule has 2 amide bonds. The minimum atomic E-state index is -0.375. The van der Waals surface area contributed by atoms with Gasteiger partial charge in [0.15, 0.2) is 5.76 Å². The van der Waals surface area contributed by atoms with Crippen molar-refractivity contribution in [3.8, 4) is 0 Å². The van der Waals surface area contributed by atoms with Gasteiger partial charge in [-0.05, 0) is 31.2 Å². The van der Waals surface area contributed by atoms with Gasteiger partial charge in [0.1, 0.15) is 0 Å². The lowest BCUT2D eigenvalue weighted by atomic mass is 10.2. The Hall–Kier alpha value is -3.07. The SMILES string of the molecule is Cc1ccc(NC(=O)CSc2nnc(CNC(=O)c3ccco3)o2)cc1. The first-order valence-corrected chi connectivity index (χ1v) is 8.72. The predicted octanol–water partition coefficient (Wildman–Crippen LogP) is 2.63. The molecule has 0 radical (unpaired) electrons. The maximum atomic E-state index is 11.9. The first-order chi connectivity index (χ1) is 12.6. The van der Waals surface area contributed by atoms with Gasteiger partial charge in [0, 0.05) is 5.69 Å². The number of amides is 2. The Morgan fingerprint density at radius 1 is 1.15 bits per heavy atom. The summed E-state index contributed by atoms with van der Waals surface area (Å²) in [6.45, 7) is 2.05. The highest BCUT2D eigenvalue weighted by atomic mass is 32.2. The summed E-state index contributed by atoms with van der Waals surface area (Å²) in [4.78, 5) is 23.7. The number of anilines is 1. The second-order valence-electron chi connectivity index (χ2n) is 5.32. The Bertz CT molecular complexity index is 875. The number of thioether (sulfide) groups is 1. The first-order valence-electron chi connectivity index (χ1n) is 7.73. The predicted molar refractivity (Wildman–Crippen MR) is 94.7 cm³/mol. The van der Waals surface area contributed by atoms with Gasteiger partial charge in [-0.15, -0.1) is 10.2 Å². The monoisotopic (exact) mass is 372 g/mol. The largest absolute Gasteiger partial charge is 0.459 e. The number of benzene rings is 1. The number of carbonyl (C=O) groups excluding carboxylic acids is 2. The van der Waals surface area contributed by atoms with Gasteiger partial charge in [0.2, 0.25) is 11.8 Å². The molecule has 0 aliphatic rings. The zero-order chi connectivity index (χ0) is 18.4. The van der Waals surface area contributed by atoms with Crippen molar-refractivity contribution < 1.29 is 18.4 Å². The first kappa shape index (κ1) is 17.7. The Kier molecular flexibility index (Phi) is 5.69. The van der Waals surface area contributed by atoms with Gasteiger partial charge in [-0.3, -0.25) is 9.59 Å². The maximum absolute atomic E-state index is 11.9. The van der Waals surface area contributed by atoms with Crippen LogP contribution in [0.4, 0.5) is 5.69 Å². The third-order valence-electron chi connectivity index (χ3n) is 3.26. The van der Waals surface area contributed by atoms with E-state index in [1.165, 1.54) is 6.26 Å². The van der Waals surface area contributed by atoms with E-state index < -0.39 is 0 Å². The molecule has 2 N–H and O–H groups in total. The smallest absolute Gasteiger partial charge is 0.287 e. The lowest BCUT2D eigenvalue weighted by Gasteiger charge is -2.04. The molecule has 0 atom stereocenters. The van der Waals surface area contributed by atoms with E-state index in [1.807, 2.05) is 31.2 Å². The van der Waals surface area contributed by atoms with Gasteiger partial charge in [-0.1, -0.05) is 29.5 Å². The highest BCUT2D eigenvalue weighted by molar-refractivity contribution is 7.99. The molecule has 1 aromatic carbocycles. The summed E-state index contributed by atoms with van der Waals surface area (Å²) in [6.07, 6.45) is 1.41. The molecule has 3 rings (SSSR count). The third-order valence-corrected chi connectivity index (χ3v) is 4.07. The number of nitrogens with zero attached hydrogens (tertiary/aromatic N) is 2. The van der Waals surface area contributed by atoms with Crippen molar-refractivity contribution in [2.45, 2.75) is 18.7 Å². The summed E-state index contributed by atoms with van der Waals surface area (Å²) in [5, 5.41) is 13.3. The molecule has 0 saturated heterocycles. The summed E-state index contributed by atoms with van der Waals surface area (Å²) in [5.74, 6) is 0.0247. The highest BCUT2D eigenvalue weighted by Crippen LogP contribution is 2.17. The van der Waals surface area contributed by atoms with Crippen LogP contribution in [0.25, 0.3) is 0 Å². The van der Waals surface area contributed by atoms with E-state index in [-0.39, 0.29) is 41.0 Å². The zero-order valence-electron chi connectivity index (χ0n) is 13.9. The molecule has 3 aromatic rings. The summed E-state index contributed by atoms with van der Waals surface area (Å²) >= 11 is 1.12. The molecule has 8 nitrogen and oxygen atoms in total. The maximum Gasteiger partial charge on any atom is 0.287 e. The van der Waals surface area contributed by atoms with E-state index >= 15 is 0 Å². The van der Waals surface area contributed by atoms with Crippen LogP contribution in [-0.4, -0.2) is 27.8 Å². The van der Waals surface area contributed by atoms with Crippen LogP contribution in [0.3, 0.4) is 0 Å². The van der Waals surface area contributed by atoms with Crippen LogP contribution in [-0.2, 0) is 11.3 Å². The van der Waals surface area contributed by atoms with Crippen molar-refractivity contribution in [3.63, 3.8) is 0 Å². The molecule has 2 aromatic heterocycles. The number of aromatic nitrogens is 2. The van der Waals surface area contributed by atoms with Gasteiger partial charge in [0.05, 0.1) is 18.6 Å². The fourth-order valence-electron chi connectivity index (χ4n) is 1.98. The lowest BCUT2D eigenvalue weighted by Crippen LogP contribution is -2.22. The van der Waals surface area contributed by atoms with Gasteiger partial charge in [-0.2, -0.15) is 0 Å². The summed E-state index contributed by atoms with van der Waals surface area (Å²) in [6, 6.07) is 10.7. The number of carbonyl (C=O) groups is 2. The number of furan rings is 1. The van der Waals surface area contributed by atoms with E-state index in [0.29, 0.717) is 0 Å². The Labute approximate surface area is 153 Å². The molecular formula is C17H16N4O4S. The van der Waals surface area contributed by atoms with Crippen LogP contribution < -0.4 is 10.6 Å². The van der Waals surface area contributed by atoms with Crippen LogP contribution in [0, 0.1) is 6.92 Å². The van der Waals surface area contributed by atoms with E-state index in [9.17, 15) is 9.59 Å². The minimum Gasteiger partial charge on any atom is -0.459 e. The Morgan fingerprint density at radius 3 is 2.69 bits per heavy atom. The van der Waals surface area contributed by atoms with Crippen LogP contribution in [0.1, 0.15) is 22.0 Å². The second kappa shape index (κ2) is 8.34. The quantitative estimate of drug-likeness (QED) is 0.613. The van der Waals surface area contributed by atoms with Crippen molar-refractivity contribution in [2.75, 3.05) is 11.1 Å². The van der Waals surface area contributed by atoms with Crippen LogP contribution in [0.2, 0.25) is 0 Å². The zero-order valence-corrected chi connectivity index (χ0v) is 14.7. The molecule has 26 heavy (non-hydrogen) atoms. The molecule has 2 heterocycles. The van der Waals surface area contributed by atoms with Crippen LogP contribution in [0.5, 0.6) is 0 Å². The number of nitrogens with one attached hydrogen (secondary N) is 2. The topological polar surface area (TPSA) is 110 Å². The van der Waals surface area contributed by atoms with E-state index in [2.05, 4.69) is 20.8 Å². The second-order valence-corrected chi connectivity index (χ2v) is 6.25. The number of hydrogen-bond acceptors (Lipinski definition) is 7. The minimum absolute atomic E-state index is 0.0721.